The third-order valence-corrected chi connectivity index (χ3v) is 6.13. The molecule has 2 bridgehead atoms. The van der Waals surface area contributed by atoms with Crippen molar-refractivity contribution in [1.82, 2.24) is 0 Å². The van der Waals surface area contributed by atoms with Crippen LogP contribution in [0.2, 0.25) is 0 Å². The smallest absolute Gasteiger partial charge is 0.314 e. The van der Waals surface area contributed by atoms with Crippen molar-refractivity contribution in [2.75, 3.05) is 6.61 Å². The lowest BCUT2D eigenvalue weighted by atomic mass is 9.58. The van der Waals surface area contributed by atoms with Gasteiger partial charge in [0.2, 0.25) is 12.1 Å². The minimum atomic E-state index is -1.34. The van der Waals surface area contributed by atoms with Crippen LogP contribution in [-0.2, 0) is 24.0 Å². The van der Waals surface area contributed by atoms with Gasteiger partial charge in [0.25, 0.3) is 0 Å². The van der Waals surface area contributed by atoms with E-state index in [4.69, 9.17) is 19.2 Å². The van der Waals surface area contributed by atoms with Gasteiger partial charge in [-0.25, -0.2) is 4.89 Å². The first-order valence-electron chi connectivity index (χ1n) is 7.96. The molecular formula is C15H22O7. The largest absolute Gasteiger partial charge is 0.432 e. The molecular weight excluding hydrogens is 292 g/mol. The lowest BCUT2D eigenvalue weighted by Crippen LogP contribution is -2.70. The van der Waals surface area contributed by atoms with Crippen LogP contribution in [0.4, 0.5) is 0 Å². The van der Waals surface area contributed by atoms with Crippen LogP contribution >= 0.6 is 0 Å². The summed E-state index contributed by atoms with van der Waals surface area (Å²) in [5.74, 6) is -2.47. The van der Waals surface area contributed by atoms with E-state index in [2.05, 4.69) is 6.92 Å². The van der Waals surface area contributed by atoms with E-state index in [0.717, 1.165) is 12.8 Å². The fourth-order valence-corrected chi connectivity index (χ4v) is 4.78. The number of rotatable bonds is 1. The Morgan fingerprint density at radius 3 is 2.77 bits per heavy atom. The number of carbonyl (C=O) groups excluding carboxylic acids is 1. The van der Waals surface area contributed by atoms with E-state index in [-0.39, 0.29) is 24.4 Å². The molecule has 0 aromatic rings. The molecule has 124 valence electrons. The van der Waals surface area contributed by atoms with Crippen molar-refractivity contribution in [3.05, 3.63) is 0 Å². The summed E-state index contributed by atoms with van der Waals surface area (Å²) >= 11 is 0. The average Bonchev–Trinajstić information content (AvgIpc) is 2.65. The Balaban J connectivity index is 1.84. The first-order chi connectivity index (χ1) is 10.4. The monoisotopic (exact) mass is 314 g/mol. The van der Waals surface area contributed by atoms with Gasteiger partial charge in [0.15, 0.2) is 5.60 Å². The summed E-state index contributed by atoms with van der Waals surface area (Å²) in [5, 5.41) is 20.1. The highest BCUT2D eigenvalue weighted by Gasteiger charge is 2.72. The molecule has 0 radical (unpaired) electrons. The second-order valence-corrected chi connectivity index (χ2v) is 7.23. The van der Waals surface area contributed by atoms with Gasteiger partial charge in [-0.2, -0.15) is 4.89 Å². The topological polar surface area (TPSA) is 94.5 Å². The van der Waals surface area contributed by atoms with E-state index in [0.29, 0.717) is 6.42 Å². The Bertz CT molecular complexity index is 496. The van der Waals surface area contributed by atoms with Gasteiger partial charge in [-0.1, -0.05) is 6.92 Å². The van der Waals surface area contributed by atoms with Crippen molar-refractivity contribution in [2.24, 2.45) is 23.7 Å². The van der Waals surface area contributed by atoms with Crippen LogP contribution in [0.5, 0.6) is 0 Å². The molecule has 5 fully saturated rings. The van der Waals surface area contributed by atoms with Gasteiger partial charge in [-0.15, -0.1) is 0 Å². The fraction of sp³-hybridized carbons (Fsp3) is 0.933. The molecule has 1 aliphatic carbocycles. The molecule has 22 heavy (non-hydrogen) atoms. The minimum absolute atomic E-state index is 0.0577. The number of carbonyl (C=O) groups is 1. The molecule has 4 aliphatic heterocycles. The molecule has 1 spiro atoms. The van der Waals surface area contributed by atoms with Gasteiger partial charge < -0.3 is 19.7 Å². The van der Waals surface area contributed by atoms with Crippen molar-refractivity contribution < 1.29 is 34.3 Å². The lowest BCUT2D eigenvalue weighted by Gasteiger charge is -2.57. The van der Waals surface area contributed by atoms with Crippen molar-refractivity contribution in [2.45, 2.75) is 56.9 Å². The predicted octanol–water partition coefficient (Wildman–Crippen LogP) is 0.338. The predicted molar refractivity (Wildman–Crippen MR) is 70.8 cm³/mol. The Morgan fingerprint density at radius 1 is 1.27 bits per heavy atom. The maximum absolute atomic E-state index is 12.2. The zero-order chi connectivity index (χ0) is 15.7. The van der Waals surface area contributed by atoms with Crippen LogP contribution in [0.3, 0.4) is 0 Å². The van der Waals surface area contributed by atoms with Crippen molar-refractivity contribution >= 4 is 5.97 Å². The standard InChI is InChI=1S/C15H22O7/c1-7-3-4-9-8(6-16)12(18)19-13-15(9)10(7)5-11(17)14(2,20-13)21-22-15/h7-11,13,16-17H,3-6H2,1-2H3/t7-,8-,9+,10+,11-,13-,14-,15+/m1/s1. The average molecular weight is 314 g/mol. The highest BCUT2D eigenvalue weighted by Crippen LogP contribution is 2.59. The molecule has 7 nitrogen and oxygen atoms in total. The molecule has 8 atom stereocenters. The summed E-state index contributed by atoms with van der Waals surface area (Å²) in [7, 11) is 0. The highest BCUT2D eigenvalue weighted by molar-refractivity contribution is 5.74. The van der Waals surface area contributed by atoms with Crippen molar-refractivity contribution in [3.8, 4) is 0 Å². The summed E-state index contributed by atoms with van der Waals surface area (Å²) in [6, 6.07) is 0. The zero-order valence-electron chi connectivity index (χ0n) is 12.7. The number of hydrogen-bond donors (Lipinski definition) is 2. The number of fused-ring (bicyclic) bond motifs is 2. The second kappa shape index (κ2) is 4.64. The Morgan fingerprint density at radius 2 is 2.05 bits per heavy atom. The van der Waals surface area contributed by atoms with E-state index < -0.39 is 35.7 Å². The molecule has 5 rings (SSSR count). The molecule has 2 N–H and O–H groups in total. The Hall–Kier alpha value is -0.730. The van der Waals surface area contributed by atoms with Crippen LogP contribution in [0.15, 0.2) is 0 Å². The van der Waals surface area contributed by atoms with Crippen LogP contribution in [0.25, 0.3) is 0 Å². The van der Waals surface area contributed by atoms with Crippen molar-refractivity contribution in [1.29, 1.82) is 0 Å². The summed E-state index contributed by atoms with van der Waals surface area (Å²) in [6.07, 6.45) is 0.320. The number of hydrogen-bond acceptors (Lipinski definition) is 7. The number of aliphatic hydroxyl groups excluding tert-OH is 2. The van der Waals surface area contributed by atoms with Crippen LogP contribution in [-0.4, -0.2) is 46.6 Å². The van der Waals surface area contributed by atoms with E-state index in [1.165, 1.54) is 0 Å². The van der Waals surface area contributed by atoms with Gasteiger partial charge in [0.1, 0.15) is 6.10 Å². The van der Waals surface area contributed by atoms with Crippen LogP contribution in [0.1, 0.15) is 33.1 Å². The molecule has 0 aromatic heterocycles. The fourth-order valence-electron chi connectivity index (χ4n) is 4.78. The normalized spacial score (nSPS) is 57.0. The van der Waals surface area contributed by atoms with Gasteiger partial charge in [0, 0.05) is 11.8 Å². The van der Waals surface area contributed by atoms with Gasteiger partial charge in [-0.3, -0.25) is 4.79 Å². The van der Waals surface area contributed by atoms with Crippen molar-refractivity contribution in [3.63, 3.8) is 0 Å². The van der Waals surface area contributed by atoms with Gasteiger partial charge in [-0.05, 0) is 32.1 Å². The van der Waals surface area contributed by atoms with Gasteiger partial charge >= 0.3 is 5.97 Å². The minimum Gasteiger partial charge on any atom is -0.432 e. The van der Waals surface area contributed by atoms with Crippen LogP contribution in [0, 0.1) is 23.7 Å². The quantitative estimate of drug-likeness (QED) is 0.532. The second-order valence-electron chi connectivity index (χ2n) is 7.23. The first-order valence-corrected chi connectivity index (χ1v) is 7.96. The molecule has 1 saturated carbocycles. The molecule has 4 saturated heterocycles. The van der Waals surface area contributed by atoms with E-state index in [1.54, 1.807) is 6.92 Å². The Labute approximate surface area is 128 Å². The molecule has 0 amide bonds. The summed E-state index contributed by atoms with van der Waals surface area (Å²) in [4.78, 5) is 23.5. The highest BCUT2D eigenvalue weighted by atomic mass is 17.3. The molecule has 0 unspecified atom stereocenters. The van der Waals surface area contributed by atoms with E-state index >= 15 is 0 Å². The third-order valence-electron chi connectivity index (χ3n) is 6.13. The number of esters is 1. The third kappa shape index (κ3) is 1.66. The Kier molecular flexibility index (Phi) is 3.13. The number of aliphatic hydroxyl groups is 2. The summed E-state index contributed by atoms with van der Waals surface area (Å²) in [6.45, 7) is 3.41. The maximum Gasteiger partial charge on any atom is 0.314 e. The molecule has 7 heteroatoms. The molecule has 4 heterocycles. The first kappa shape index (κ1) is 14.8. The molecule has 5 aliphatic rings. The SMILES string of the molecule is C[C@@H]1CC[C@H]2[C@@H](CO)C(=O)O[C@@H]3O[C@]4(C)OO[C@@]32[C@H]1C[C@H]4O. The lowest BCUT2D eigenvalue weighted by molar-refractivity contribution is -0.566. The summed E-state index contributed by atoms with van der Waals surface area (Å²) in [5.41, 5.74) is -0.948. The molecule has 0 aromatic carbocycles. The maximum atomic E-state index is 12.2. The van der Waals surface area contributed by atoms with Gasteiger partial charge in [0.05, 0.1) is 12.5 Å². The van der Waals surface area contributed by atoms with E-state index in [1.807, 2.05) is 0 Å². The van der Waals surface area contributed by atoms with Crippen LogP contribution < -0.4 is 0 Å². The zero-order valence-corrected chi connectivity index (χ0v) is 12.7. The van der Waals surface area contributed by atoms with E-state index in [9.17, 15) is 15.0 Å². The summed E-state index contributed by atoms with van der Waals surface area (Å²) < 4.78 is 11.3. The number of ether oxygens (including phenoxy) is 2.